The predicted molar refractivity (Wildman–Crippen MR) is 68.2 cm³/mol. The van der Waals surface area contributed by atoms with Crippen LogP contribution in [0.4, 0.5) is 0 Å². The van der Waals surface area contributed by atoms with Crippen molar-refractivity contribution in [3.63, 3.8) is 0 Å². The summed E-state index contributed by atoms with van der Waals surface area (Å²) >= 11 is 0. The molecule has 3 rings (SSSR count). The number of aromatic nitrogens is 2. The maximum absolute atomic E-state index is 9.08. The number of nitriles is 1. The number of rotatable bonds is 2. The summed E-state index contributed by atoms with van der Waals surface area (Å²) in [5.41, 5.74) is 2.34. The van der Waals surface area contributed by atoms with Crippen LogP contribution < -0.4 is 0 Å². The van der Waals surface area contributed by atoms with E-state index in [9.17, 15) is 0 Å². The summed E-state index contributed by atoms with van der Waals surface area (Å²) in [4.78, 5) is 7.94. The van der Waals surface area contributed by atoms with Crippen molar-refractivity contribution in [3.8, 4) is 6.07 Å². The molecule has 0 aliphatic carbocycles. The maximum Gasteiger partial charge on any atom is 0.113 e. The van der Waals surface area contributed by atoms with Crippen LogP contribution in [-0.4, -0.2) is 22.7 Å². The Morgan fingerprint density at radius 1 is 1.56 bits per heavy atom. The average molecular weight is 241 g/mol. The van der Waals surface area contributed by atoms with Crippen molar-refractivity contribution >= 4 is 11.0 Å². The lowest BCUT2D eigenvalue weighted by Crippen LogP contribution is -2.14. The fourth-order valence-electron chi connectivity index (χ4n) is 2.68. The third kappa shape index (κ3) is 1.68. The smallest absolute Gasteiger partial charge is 0.113 e. The van der Waals surface area contributed by atoms with Gasteiger partial charge in [-0.1, -0.05) is 13.0 Å². The van der Waals surface area contributed by atoms with Crippen molar-refractivity contribution in [3.05, 3.63) is 29.6 Å². The van der Waals surface area contributed by atoms with Crippen molar-refractivity contribution in [1.29, 1.82) is 5.26 Å². The van der Waals surface area contributed by atoms with E-state index in [0.29, 0.717) is 11.5 Å². The molecular weight excluding hydrogens is 226 g/mol. The van der Waals surface area contributed by atoms with Gasteiger partial charge in [0.1, 0.15) is 17.4 Å². The highest BCUT2D eigenvalue weighted by Crippen LogP contribution is 2.32. The summed E-state index contributed by atoms with van der Waals surface area (Å²) in [6.45, 7) is 2.93. The SMILES string of the molecule is CCC1OCCC1c1nc2c(C#N)cccc2[nH]1. The van der Waals surface area contributed by atoms with Gasteiger partial charge in [0.25, 0.3) is 0 Å². The number of hydrogen-bond acceptors (Lipinski definition) is 3. The normalized spacial score (nSPS) is 23.3. The predicted octanol–water partition coefficient (Wildman–Crippen LogP) is 2.72. The topological polar surface area (TPSA) is 61.7 Å². The number of hydrogen-bond donors (Lipinski definition) is 1. The van der Waals surface area contributed by atoms with Crippen molar-refractivity contribution in [1.82, 2.24) is 9.97 Å². The molecule has 4 nitrogen and oxygen atoms in total. The average Bonchev–Trinajstić information content (AvgIpc) is 3.03. The molecule has 18 heavy (non-hydrogen) atoms. The van der Waals surface area contributed by atoms with E-state index in [1.54, 1.807) is 6.07 Å². The molecule has 1 saturated heterocycles. The van der Waals surface area contributed by atoms with Crippen LogP contribution in [0.2, 0.25) is 0 Å². The fourth-order valence-corrected chi connectivity index (χ4v) is 2.68. The minimum absolute atomic E-state index is 0.246. The van der Waals surface area contributed by atoms with Crippen LogP contribution in [0.3, 0.4) is 0 Å². The number of benzene rings is 1. The first-order valence-corrected chi connectivity index (χ1v) is 6.33. The van der Waals surface area contributed by atoms with Crippen LogP contribution >= 0.6 is 0 Å². The molecule has 92 valence electrons. The molecule has 1 aromatic carbocycles. The Labute approximate surface area is 106 Å². The molecule has 0 radical (unpaired) electrons. The quantitative estimate of drug-likeness (QED) is 0.879. The second-order valence-electron chi connectivity index (χ2n) is 4.65. The van der Waals surface area contributed by atoms with E-state index < -0.39 is 0 Å². The third-order valence-electron chi connectivity index (χ3n) is 3.61. The first kappa shape index (κ1) is 11.2. The zero-order valence-electron chi connectivity index (χ0n) is 10.3. The van der Waals surface area contributed by atoms with E-state index in [0.717, 1.165) is 36.3 Å². The van der Waals surface area contributed by atoms with Gasteiger partial charge in [-0.3, -0.25) is 0 Å². The lowest BCUT2D eigenvalue weighted by atomic mass is 9.99. The number of aromatic amines is 1. The van der Waals surface area contributed by atoms with Gasteiger partial charge in [0.05, 0.1) is 17.2 Å². The number of fused-ring (bicyclic) bond motifs is 1. The highest BCUT2D eigenvalue weighted by molar-refractivity contribution is 5.81. The van der Waals surface area contributed by atoms with Crippen LogP contribution in [0.1, 0.15) is 37.1 Å². The Bertz CT molecular complexity index is 611. The number of ether oxygens (including phenoxy) is 1. The van der Waals surface area contributed by atoms with Crippen molar-refractivity contribution in [2.45, 2.75) is 31.8 Å². The molecule has 1 aliphatic rings. The summed E-state index contributed by atoms with van der Waals surface area (Å²) in [5, 5.41) is 9.08. The third-order valence-corrected chi connectivity index (χ3v) is 3.61. The molecule has 2 atom stereocenters. The van der Waals surface area contributed by atoms with E-state index >= 15 is 0 Å². The van der Waals surface area contributed by atoms with Crippen LogP contribution in [0.5, 0.6) is 0 Å². The first-order valence-electron chi connectivity index (χ1n) is 6.33. The standard InChI is InChI=1S/C14H15N3O/c1-2-12-10(6-7-18-12)14-16-11-5-3-4-9(8-15)13(11)17-14/h3-5,10,12H,2,6-7H2,1H3,(H,16,17). The summed E-state index contributed by atoms with van der Waals surface area (Å²) < 4.78 is 5.70. The van der Waals surface area contributed by atoms with Gasteiger partial charge in [0.2, 0.25) is 0 Å². The van der Waals surface area contributed by atoms with Crippen LogP contribution in [0, 0.1) is 11.3 Å². The Morgan fingerprint density at radius 3 is 3.22 bits per heavy atom. The van der Waals surface area contributed by atoms with Crippen molar-refractivity contribution in [2.75, 3.05) is 6.61 Å². The zero-order chi connectivity index (χ0) is 12.5. The van der Waals surface area contributed by atoms with Crippen LogP contribution in [0.15, 0.2) is 18.2 Å². The maximum atomic E-state index is 9.08. The minimum atomic E-state index is 0.246. The summed E-state index contributed by atoms with van der Waals surface area (Å²) in [6.07, 6.45) is 2.24. The van der Waals surface area contributed by atoms with E-state index in [1.165, 1.54) is 0 Å². The first-order chi connectivity index (χ1) is 8.83. The molecule has 0 spiro atoms. The van der Waals surface area contributed by atoms with E-state index in [1.807, 2.05) is 12.1 Å². The fraction of sp³-hybridized carbons (Fsp3) is 0.429. The van der Waals surface area contributed by atoms with Gasteiger partial charge in [-0.05, 0) is 25.0 Å². The molecule has 2 unspecified atom stereocenters. The lowest BCUT2D eigenvalue weighted by Gasteiger charge is -2.13. The highest BCUT2D eigenvalue weighted by atomic mass is 16.5. The number of H-pyrrole nitrogens is 1. The number of para-hydroxylation sites is 1. The lowest BCUT2D eigenvalue weighted by molar-refractivity contribution is 0.0996. The second-order valence-corrected chi connectivity index (χ2v) is 4.65. The number of nitrogens with one attached hydrogen (secondary N) is 1. The number of imidazole rings is 1. The molecule has 4 heteroatoms. The summed E-state index contributed by atoms with van der Waals surface area (Å²) in [5.74, 6) is 1.28. The Hall–Kier alpha value is -1.86. The van der Waals surface area contributed by atoms with Gasteiger partial charge >= 0.3 is 0 Å². The van der Waals surface area contributed by atoms with Gasteiger partial charge in [-0.15, -0.1) is 0 Å². The Balaban J connectivity index is 2.06. The Kier molecular flexibility index (Phi) is 2.77. The van der Waals surface area contributed by atoms with Gasteiger partial charge < -0.3 is 9.72 Å². The minimum Gasteiger partial charge on any atom is -0.377 e. The van der Waals surface area contributed by atoms with Gasteiger partial charge in [-0.25, -0.2) is 4.98 Å². The Morgan fingerprint density at radius 2 is 2.44 bits per heavy atom. The van der Waals surface area contributed by atoms with E-state index in [4.69, 9.17) is 10.00 Å². The summed E-state index contributed by atoms with van der Waals surface area (Å²) in [7, 11) is 0. The molecule has 2 aromatic rings. The molecule has 0 bridgehead atoms. The van der Waals surface area contributed by atoms with E-state index in [-0.39, 0.29) is 6.10 Å². The van der Waals surface area contributed by atoms with Crippen LogP contribution in [0.25, 0.3) is 11.0 Å². The van der Waals surface area contributed by atoms with Gasteiger partial charge in [0.15, 0.2) is 0 Å². The van der Waals surface area contributed by atoms with Crippen molar-refractivity contribution < 1.29 is 4.74 Å². The molecule has 1 aromatic heterocycles. The second kappa shape index (κ2) is 4.43. The monoisotopic (exact) mass is 241 g/mol. The molecule has 2 heterocycles. The largest absolute Gasteiger partial charge is 0.377 e. The van der Waals surface area contributed by atoms with Gasteiger partial charge in [-0.2, -0.15) is 5.26 Å². The highest BCUT2D eigenvalue weighted by Gasteiger charge is 2.30. The molecule has 0 saturated carbocycles. The molecular formula is C14H15N3O. The molecule has 1 N–H and O–H groups in total. The zero-order valence-corrected chi connectivity index (χ0v) is 10.3. The van der Waals surface area contributed by atoms with Crippen LogP contribution in [-0.2, 0) is 4.74 Å². The van der Waals surface area contributed by atoms with E-state index in [2.05, 4.69) is 23.0 Å². The summed E-state index contributed by atoms with van der Waals surface area (Å²) in [6, 6.07) is 7.83. The van der Waals surface area contributed by atoms with Crippen molar-refractivity contribution in [2.24, 2.45) is 0 Å². The molecule has 1 fully saturated rings. The molecule has 0 amide bonds. The number of nitrogens with zero attached hydrogens (tertiary/aromatic N) is 2. The molecule has 1 aliphatic heterocycles. The van der Waals surface area contributed by atoms with Gasteiger partial charge in [0, 0.05) is 12.5 Å².